The number of fused-ring (bicyclic) bond motifs is 1. The van der Waals surface area contributed by atoms with Crippen LogP contribution in [-0.4, -0.2) is 37.3 Å². The summed E-state index contributed by atoms with van der Waals surface area (Å²) in [5, 5.41) is 3.04. The Balaban J connectivity index is 2.15. The fraction of sp³-hybridized carbons (Fsp3) is 0.467. The van der Waals surface area contributed by atoms with Gasteiger partial charge in [-0.3, -0.25) is 4.79 Å². The van der Waals surface area contributed by atoms with Crippen LogP contribution in [0.2, 0.25) is 5.02 Å². The van der Waals surface area contributed by atoms with Crippen molar-refractivity contribution in [2.45, 2.75) is 32.4 Å². The van der Waals surface area contributed by atoms with E-state index in [1.54, 1.807) is 46.0 Å². The van der Waals surface area contributed by atoms with Crippen LogP contribution in [-0.2, 0) is 9.53 Å². The van der Waals surface area contributed by atoms with Gasteiger partial charge in [0.15, 0.2) is 0 Å². The largest absolute Gasteiger partial charge is 0.489 e. The van der Waals surface area contributed by atoms with E-state index in [2.05, 4.69) is 5.32 Å². The van der Waals surface area contributed by atoms with Crippen molar-refractivity contribution in [3.05, 3.63) is 23.2 Å². The lowest BCUT2D eigenvalue weighted by atomic mass is 10.2. The Morgan fingerprint density at radius 1 is 1.45 bits per heavy atom. The van der Waals surface area contributed by atoms with Gasteiger partial charge in [-0.25, -0.2) is 4.79 Å². The zero-order valence-corrected chi connectivity index (χ0v) is 13.7. The van der Waals surface area contributed by atoms with E-state index < -0.39 is 17.7 Å². The molecule has 0 aromatic heterocycles. The second kappa shape index (κ2) is 6.04. The molecule has 0 aliphatic carbocycles. The van der Waals surface area contributed by atoms with Gasteiger partial charge in [-0.15, -0.1) is 0 Å². The highest BCUT2D eigenvalue weighted by molar-refractivity contribution is 6.31. The number of ether oxygens (including phenoxy) is 2. The van der Waals surface area contributed by atoms with Crippen LogP contribution >= 0.6 is 11.6 Å². The smallest absolute Gasteiger partial charge is 0.408 e. The molecule has 1 aliphatic rings. The van der Waals surface area contributed by atoms with Gasteiger partial charge in [0.2, 0.25) is 0 Å². The first-order chi connectivity index (χ1) is 10.2. The number of anilines is 1. The number of benzene rings is 1. The van der Waals surface area contributed by atoms with Crippen molar-refractivity contribution >= 4 is 29.3 Å². The molecule has 1 atom stereocenters. The van der Waals surface area contributed by atoms with Crippen molar-refractivity contribution in [1.29, 1.82) is 0 Å². The lowest BCUT2D eigenvalue weighted by Gasteiger charge is -2.23. The SMILES string of the molecule is CN1C(=O)[C@@H](NC(=O)OC(C)(C)C)COc2ccc(Cl)cc21. The van der Waals surface area contributed by atoms with Crippen LogP contribution in [0.25, 0.3) is 0 Å². The Morgan fingerprint density at radius 2 is 2.14 bits per heavy atom. The van der Waals surface area contributed by atoms with Gasteiger partial charge in [0.05, 0.1) is 5.69 Å². The van der Waals surface area contributed by atoms with Crippen molar-refractivity contribution < 1.29 is 19.1 Å². The van der Waals surface area contributed by atoms with Crippen LogP contribution in [0.1, 0.15) is 20.8 Å². The topological polar surface area (TPSA) is 67.9 Å². The van der Waals surface area contributed by atoms with Crippen LogP contribution in [0.4, 0.5) is 10.5 Å². The van der Waals surface area contributed by atoms with Crippen molar-refractivity contribution in [2.75, 3.05) is 18.6 Å². The second-order valence-electron chi connectivity index (χ2n) is 6.02. The molecule has 1 aromatic carbocycles. The predicted molar refractivity (Wildman–Crippen MR) is 83.5 cm³/mol. The lowest BCUT2D eigenvalue weighted by molar-refractivity contribution is -0.120. The summed E-state index contributed by atoms with van der Waals surface area (Å²) in [5.41, 5.74) is -0.0767. The minimum atomic E-state index is -0.828. The van der Waals surface area contributed by atoms with Gasteiger partial charge in [-0.05, 0) is 39.0 Å². The van der Waals surface area contributed by atoms with Gasteiger partial charge in [-0.2, -0.15) is 0 Å². The van der Waals surface area contributed by atoms with Gasteiger partial charge < -0.3 is 19.7 Å². The molecular formula is C15H19ClN2O4. The quantitative estimate of drug-likeness (QED) is 0.861. The summed E-state index contributed by atoms with van der Waals surface area (Å²) in [6, 6.07) is 4.19. The number of carbonyl (C=O) groups is 2. The molecule has 0 fully saturated rings. The number of amides is 2. The molecule has 1 aliphatic heterocycles. The van der Waals surface area contributed by atoms with Crippen LogP contribution < -0.4 is 15.0 Å². The van der Waals surface area contributed by atoms with Crippen LogP contribution in [0.15, 0.2) is 18.2 Å². The number of hydrogen-bond donors (Lipinski definition) is 1. The molecule has 7 heteroatoms. The first-order valence-electron chi connectivity index (χ1n) is 6.87. The predicted octanol–water partition coefficient (Wildman–Crippen LogP) is 2.59. The molecule has 1 aromatic rings. The summed E-state index contributed by atoms with van der Waals surface area (Å²) in [4.78, 5) is 25.7. The maximum Gasteiger partial charge on any atom is 0.408 e. The Hall–Kier alpha value is -1.95. The van der Waals surface area contributed by atoms with Gasteiger partial charge >= 0.3 is 6.09 Å². The summed E-state index contributed by atoms with van der Waals surface area (Å²) < 4.78 is 10.8. The van der Waals surface area contributed by atoms with Crippen molar-refractivity contribution in [1.82, 2.24) is 5.32 Å². The minimum absolute atomic E-state index is 0.0248. The summed E-state index contributed by atoms with van der Waals surface area (Å²) in [5.74, 6) is 0.237. The van der Waals surface area contributed by atoms with E-state index >= 15 is 0 Å². The summed E-state index contributed by atoms with van der Waals surface area (Å²) in [6.45, 7) is 5.28. The highest BCUT2D eigenvalue weighted by Crippen LogP contribution is 2.33. The van der Waals surface area contributed by atoms with E-state index in [1.807, 2.05) is 0 Å². The van der Waals surface area contributed by atoms with Gasteiger partial charge in [-0.1, -0.05) is 11.6 Å². The van der Waals surface area contributed by atoms with Crippen LogP contribution in [0.3, 0.4) is 0 Å². The third-order valence-corrected chi connectivity index (χ3v) is 3.24. The number of nitrogens with zero attached hydrogens (tertiary/aromatic N) is 1. The molecule has 22 heavy (non-hydrogen) atoms. The molecule has 0 radical (unpaired) electrons. The third kappa shape index (κ3) is 3.82. The molecule has 0 bridgehead atoms. The number of carbonyl (C=O) groups excluding carboxylic acids is 2. The number of likely N-dealkylation sites (N-methyl/N-ethyl adjacent to an activating group) is 1. The summed E-state index contributed by atoms with van der Waals surface area (Å²) >= 11 is 5.95. The van der Waals surface area contributed by atoms with E-state index in [-0.39, 0.29) is 12.5 Å². The molecule has 0 unspecified atom stereocenters. The molecular weight excluding hydrogens is 308 g/mol. The third-order valence-electron chi connectivity index (χ3n) is 3.01. The molecule has 120 valence electrons. The molecule has 1 heterocycles. The number of alkyl carbamates (subject to hydrolysis) is 1. The zero-order chi connectivity index (χ0) is 16.5. The Bertz CT molecular complexity index is 598. The highest BCUT2D eigenvalue weighted by Gasteiger charge is 2.31. The van der Waals surface area contributed by atoms with Crippen LogP contribution in [0, 0.1) is 0 Å². The van der Waals surface area contributed by atoms with Crippen molar-refractivity contribution in [3.63, 3.8) is 0 Å². The van der Waals surface area contributed by atoms with Gasteiger partial charge in [0.1, 0.15) is 24.0 Å². The van der Waals surface area contributed by atoms with Crippen LogP contribution in [0.5, 0.6) is 5.75 Å². The van der Waals surface area contributed by atoms with Gasteiger partial charge in [0, 0.05) is 12.1 Å². The normalized spacial score (nSPS) is 18.1. The molecule has 2 amide bonds. The zero-order valence-electron chi connectivity index (χ0n) is 13.0. The van der Waals surface area contributed by atoms with E-state index in [1.165, 1.54) is 4.90 Å². The van der Waals surface area contributed by atoms with E-state index in [0.29, 0.717) is 16.5 Å². The number of halogens is 1. The summed E-state index contributed by atoms with van der Waals surface area (Å²) in [7, 11) is 1.61. The van der Waals surface area contributed by atoms with E-state index in [4.69, 9.17) is 21.1 Å². The number of nitrogens with one attached hydrogen (secondary N) is 1. The molecule has 0 spiro atoms. The molecule has 2 rings (SSSR count). The summed E-state index contributed by atoms with van der Waals surface area (Å²) in [6.07, 6.45) is -0.660. The van der Waals surface area contributed by atoms with E-state index in [9.17, 15) is 9.59 Å². The van der Waals surface area contributed by atoms with Gasteiger partial charge in [0.25, 0.3) is 5.91 Å². The molecule has 1 N–H and O–H groups in total. The molecule has 0 saturated heterocycles. The number of hydrogen-bond acceptors (Lipinski definition) is 4. The van der Waals surface area contributed by atoms with E-state index in [0.717, 1.165) is 0 Å². The molecule has 0 saturated carbocycles. The maximum absolute atomic E-state index is 12.5. The average molecular weight is 327 g/mol. The second-order valence-corrected chi connectivity index (χ2v) is 6.46. The molecule has 6 nitrogen and oxygen atoms in total. The van der Waals surface area contributed by atoms with Crippen molar-refractivity contribution in [2.24, 2.45) is 0 Å². The Labute approximate surface area is 134 Å². The lowest BCUT2D eigenvalue weighted by Crippen LogP contribution is -2.50. The average Bonchev–Trinajstić information content (AvgIpc) is 2.50. The van der Waals surface area contributed by atoms with Crippen molar-refractivity contribution in [3.8, 4) is 5.75 Å². The minimum Gasteiger partial charge on any atom is -0.489 e. The highest BCUT2D eigenvalue weighted by atomic mass is 35.5. The Kier molecular flexibility index (Phi) is 4.51. The fourth-order valence-electron chi connectivity index (χ4n) is 2.02. The number of rotatable bonds is 1. The monoisotopic (exact) mass is 326 g/mol. The first kappa shape index (κ1) is 16.4. The maximum atomic E-state index is 12.5. The Morgan fingerprint density at radius 3 is 2.77 bits per heavy atom. The fourth-order valence-corrected chi connectivity index (χ4v) is 2.19. The first-order valence-corrected chi connectivity index (χ1v) is 7.24. The standard InChI is InChI=1S/C15H19ClN2O4/c1-15(2,3)22-14(20)17-10-8-21-12-6-5-9(16)7-11(12)18(4)13(10)19/h5-7,10H,8H2,1-4H3,(H,17,20)/t10-/m0/s1.